The highest BCUT2D eigenvalue weighted by Crippen LogP contribution is 2.34. The summed E-state index contributed by atoms with van der Waals surface area (Å²) >= 11 is 6.12. The lowest BCUT2D eigenvalue weighted by atomic mass is 10.0. The quantitative estimate of drug-likeness (QED) is 0.801. The van der Waals surface area contributed by atoms with Gasteiger partial charge < -0.3 is 10.2 Å². The van der Waals surface area contributed by atoms with Crippen LogP contribution in [0, 0.1) is 5.92 Å². The summed E-state index contributed by atoms with van der Waals surface area (Å²) in [5.74, 6) is 0.393. The van der Waals surface area contributed by atoms with Crippen molar-refractivity contribution in [3.8, 4) is 0 Å². The molecule has 1 amide bonds. The Morgan fingerprint density at radius 3 is 2.94 bits per heavy atom. The van der Waals surface area contributed by atoms with E-state index in [1.807, 2.05) is 23.1 Å². The van der Waals surface area contributed by atoms with Crippen LogP contribution in [0.15, 0.2) is 18.2 Å². The molecule has 2 aliphatic heterocycles. The molecule has 0 atom stereocenters. The number of hydrogen-bond acceptors (Lipinski definition) is 2. The molecule has 0 aliphatic carbocycles. The molecular weight excluding hydrogens is 224 g/mol. The maximum Gasteiger partial charge on any atom is 0.232 e. The van der Waals surface area contributed by atoms with Gasteiger partial charge in [-0.1, -0.05) is 17.7 Å². The van der Waals surface area contributed by atoms with E-state index in [-0.39, 0.29) is 11.8 Å². The molecule has 0 radical (unpaired) electrons. The Hall–Kier alpha value is -1.06. The summed E-state index contributed by atoms with van der Waals surface area (Å²) in [6.45, 7) is 2.39. The summed E-state index contributed by atoms with van der Waals surface area (Å²) < 4.78 is 0. The van der Waals surface area contributed by atoms with E-state index in [0.29, 0.717) is 0 Å². The highest BCUT2D eigenvalue weighted by molar-refractivity contribution is 6.32. The fourth-order valence-electron chi connectivity index (χ4n) is 2.30. The normalized spacial score (nSPS) is 19.4. The maximum absolute atomic E-state index is 12.1. The number of fused-ring (bicyclic) bond motifs is 1. The smallest absolute Gasteiger partial charge is 0.232 e. The molecule has 0 saturated carbocycles. The van der Waals surface area contributed by atoms with Gasteiger partial charge in [0.1, 0.15) is 0 Å². The molecule has 1 aromatic rings. The molecule has 84 valence electrons. The Kier molecular flexibility index (Phi) is 2.37. The van der Waals surface area contributed by atoms with Crippen molar-refractivity contribution in [2.24, 2.45) is 5.92 Å². The Balaban J connectivity index is 1.90. The molecule has 3 rings (SSSR count). The lowest BCUT2D eigenvalue weighted by Gasteiger charge is -2.30. The topological polar surface area (TPSA) is 32.3 Å². The highest BCUT2D eigenvalue weighted by Gasteiger charge is 2.33. The van der Waals surface area contributed by atoms with Crippen molar-refractivity contribution in [3.05, 3.63) is 28.8 Å². The predicted octanol–water partition coefficient (Wildman–Crippen LogP) is 1.45. The predicted molar refractivity (Wildman–Crippen MR) is 63.9 cm³/mol. The van der Waals surface area contributed by atoms with Crippen molar-refractivity contribution >= 4 is 23.2 Å². The first-order valence-corrected chi connectivity index (χ1v) is 5.94. The molecule has 1 aromatic carbocycles. The number of benzene rings is 1. The van der Waals surface area contributed by atoms with Gasteiger partial charge in [-0.2, -0.15) is 0 Å². The Labute approximate surface area is 99.4 Å². The van der Waals surface area contributed by atoms with Gasteiger partial charge in [0, 0.05) is 30.3 Å². The number of halogens is 1. The fraction of sp³-hybridized carbons (Fsp3) is 0.417. The minimum absolute atomic E-state index is 0.157. The summed E-state index contributed by atoms with van der Waals surface area (Å²) in [6, 6.07) is 5.78. The van der Waals surface area contributed by atoms with Gasteiger partial charge in [0.25, 0.3) is 0 Å². The molecule has 1 fully saturated rings. The third-order valence-corrected chi connectivity index (χ3v) is 3.72. The van der Waals surface area contributed by atoms with E-state index in [2.05, 4.69) is 5.32 Å². The van der Waals surface area contributed by atoms with Gasteiger partial charge in [-0.25, -0.2) is 0 Å². The zero-order valence-electron chi connectivity index (χ0n) is 8.87. The third-order valence-electron chi connectivity index (χ3n) is 3.37. The highest BCUT2D eigenvalue weighted by atomic mass is 35.5. The average molecular weight is 237 g/mol. The standard InChI is InChI=1S/C12H13ClN2O/c13-10-2-1-3-11-9(10)4-5-15(11)12(16)8-6-14-7-8/h1-3,8,14H,4-7H2. The van der Waals surface area contributed by atoms with Crippen molar-refractivity contribution in [1.82, 2.24) is 5.32 Å². The molecule has 3 nitrogen and oxygen atoms in total. The zero-order valence-corrected chi connectivity index (χ0v) is 9.63. The number of amides is 1. The third kappa shape index (κ3) is 1.43. The molecule has 4 heteroatoms. The number of nitrogens with one attached hydrogen (secondary N) is 1. The zero-order chi connectivity index (χ0) is 11.1. The van der Waals surface area contributed by atoms with E-state index in [4.69, 9.17) is 11.6 Å². The van der Waals surface area contributed by atoms with E-state index < -0.39 is 0 Å². The first-order valence-electron chi connectivity index (χ1n) is 5.57. The van der Waals surface area contributed by atoms with Crippen LogP contribution in [0.3, 0.4) is 0 Å². The van der Waals surface area contributed by atoms with Gasteiger partial charge >= 0.3 is 0 Å². The molecule has 0 bridgehead atoms. The van der Waals surface area contributed by atoms with Gasteiger partial charge in [0.15, 0.2) is 0 Å². The van der Waals surface area contributed by atoms with Crippen LogP contribution in [0.2, 0.25) is 5.02 Å². The molecule has 1 saturated heterocycles. The van der Waals surface area contributed by atoms with Crippen molar-refractivity contribution < 1.29 is 4.79 Å². The number of rotatable bonds is 1. The van der Waals surface area contributed by atoms with Gasteiger partial charge in [0.2, 0.25) is 5.91 Å². The van der Waals surface area contributed by atoms with Gasteiger partial charge in [-0.05, 0) is 24.1 Å². The molecular formula is C12H13ClN2O. The number of anilines is 1. The molecule has 1 N–H and O–H groups in total. The van der Waals surface area contributed by atoms with Gasteiger partial charge in [0.05, 0.1) is 5.92 Å². The summed E-state index contributed by atoms with van der Waals surface area (Å²) in [4.78, 5) is 14.0. The molecule has 2 heterocycles. The van der Waals surface area contributed by atoms with E-state index in [0.717, 1.165) is 42.3 Å². The number of hydrogen-bond donors (Lipinski definition) is 1. The molecule has 2 aliphatic rings. The van der Waals surface area contributed by atoms with Crippen LogP contribution in [-0.2, 0) is 11.2 Å². The first kappa shape index (κ1) is 10.1. The van der Waals surface area contributed by atoms with Crippen LogP contribution in [0.1, 0.15) is 5.56 Å². The van der Waals surface area contributed by atoms with Crippen molar-refractivity contribution in [2.45, 2.75) is 6.42 Å². The summed E-state index contributed by atoms with van der Waals surface area (Å²) in [7, 11) is 0. The summed E-state index contributed by atoms with van der Waals surface area (Å²) in [6.07, 6.45) is 0.876. The SMILES string of the molecule is O=C(C1CNC1)N1CCc2c(Cl)cccc21. The van der Waals surface area contributed by atoms with Crippen LogP contribution in [0.25, 0.3) is 0 Å². The summed E-state index contributed by atoms with van der Waals surface area (Å²) in [5, 5.41) is 3.90. The molecule has 0 unspecified atom stereocenters. The first-order chi connectivity index (χ1) is 7.77. The van der Waals surface area contributed by atoms with Crippen LogP contribution in [-0.4, -0.2) is 25.5 Å². The van der Waals surface area contributed by atoms with Crippen molar-refractivity contribution in [1.29, 1.82) is 0 Å². The molecule has 0 aromatic heterocycles. The lowest BCUT2D eigenvalue weighted by molar-refractivity contribution is -0.123. The second-order valence-electron chi connectivity index (χ2n) is 4.33. The Morgan fingerprint density at radius 2 is 2.25 bits per heavy atom. The molecule has 16 heavy (non-hydrogen) atoms. The van der Waals surface area contributed by atoms with Crippen LogP contribution >= 0.6 is 11.6 Å². The monoisotopic (exact) mass is 236 g/mol. The van der Waals surface area contributed by atoms with Crippen molar-refractivity contribution in [3.63, 3.8) is 0 Å². The Morgan fingerprint density at radius 1 is 1.44 bits per heavy atom. The largest absolute Gasteiger partial charge is 0.315 e. The van der Waals surface area contributed by atoms with E-state index in [9.17, 15) is 4.79 Å². The second kappa shape index (κ2) is 3.75. The summed E-state index contributed by atoms with van der Waals surface area (Å²) in [5.41, 5.74) is 2.12. The van der Waals surface area contributed by atoms with Gasteiger partial charge in [-0.15, -0.1) is 0 Å². The number of carbonyl (C=O) groups excluding carboxylic acids is 1. The van der Waals surface area contributed by atoms with E-state index in [1.165, 1.54) is 0 Å². The molecule has 0 spiro atoms. The van der Waals surface area contributed by atoms with Gasteiger partial charge in [-0.3, -0.25) is 4.79 Å². The van der Waals surface area contributed by atoms with Crippen LogP contribution < -0.4 is 10.2 Å². The maximum atomic E-state index is 12.1. The second-order valence-corrected chi connectivity index (χ2v) is 4.74. The average Bonchev–Trinajstić information content (AvgIpc) is 2.59. The lowest BCUT2D eigenvalue weighted by Crippen LogP contribution is -2.51. The van der Waals surface area contributed by atoms with E-state index in [1.54, 1.807) is 0 Å². The minimum Gasteiger partial charge on any atom is -0.315 e. The minimum atomic E-state index is 0.157. The van der Waals surface area contributed by atoms with E-state index >= 15 is 0 Å². The van der Waals surface area contributed by atoms with Crippen molar-refractivity contribution in [2.75, 3.05) is 24.5 Å². The number of carbonyl (C=O) groups is 1. The fourth-order valence-corrected chi connectivity index (χ4v) is 2.57. The Bertz CT molecular complexity index is 443. The van der Waals surface area contributed by atoms with Crippen LogP contribution in [0.5, 0.6) is 0 Å². The number of nitrogens with zero attached hydrogens (tertiary/aromatic N) is 1. The van der Waals surface area contributed by atoms with Crippen LogP contribution in [0.4, 0.5) is 5.69 Å².